The summed E-state index contributed by atoms with van der Waals surface area (Å²) in [6.07, 6.45) is 0. The third-order valence-electron chi connectivity index (χ3n) is 3.94. The van der Waals surface area contributed by atoms with Gasteiger partial charge in [0.25, 0.3) is 0 Å². The van der Waals surface area contributed by atoms with E-state index in [-0.39, 0.29) is 10.8 Å². The second-order valence-electron chi connectivity index (χ2n) is 7.93. The fourth-order valence-electron chi connectivity index (χ4n) is 2.69. The van der Waals surface area contributed by atoms with Crippen molar-refractivity contribution in [3.63, 3.8) is 0 Å². The van der Waals surface area contributed by atoms with Crippen LogP contribution in [-0.4, -0.2) is 18.9 Å². The normalized spacial score (nSPS) is 11.9. The Balaban J connectivity index is 3.71. The fourth-order valence-corrected chi connectivity index (χ4v) is 2.69. The van der Waals surface area contributed by atoms with Crippen LogP contribution in [-0.2, 0) is 20.4 Å². The second kappa shape index (κ2) is 6.81. The summed E-state index contributed by atoms with van der Waals surface area (Å²) in [5.74, 6) is 3.87. The summed E-state index contributed by atoms with van der Waals surface area (Å²) >= 11 is 0. The highest BCUT2D eigenvalue weighted by molar-refractivity contribution is 6.39. The SMILES string of the molecule is COc1c(C(C)(C)C)cc(C(C)(C)C)c(C)c1NC(=O)C(=O)NN. The minimum atomic E-state index is -0.907. The standard InChI is InChI=1S/C18H29N3O3/c1-10-11(17(2,3)4)9-12(18(5,6)7)14(24-8)13(10)20-15(22)16(23)21-19/h9H,19H2,1-8H3,(H,20,22)(H,21,23). The first kappa shape index (κ1) is 20.0. The van der Waals surface area contributed by atoms with Crippen LogP contribution in [0.5, 0.6) is 5.75 Å². The van der Waals surface area contributed by atoms with E-state index < -0.39 is 11.8 Å². The van der Waals surface area contributed by atoms with Gasteiger partial charge in [0.05, 0.1) is 12.8 Å². The van der Waals surface area contributed by atoms with E-state index in [1.54, 1.807) is 7.11 Å². The zero-order valence-electron chi connectivity index (χ0n) is 15.9. The third-order valence-corrected chi connectivity index (χ3v) is 3.94. The summed E-state index contributed by atoms with van der Waals surface area (Å²) < 4.78 is 5.59. The molecule has 0 spiro atoms. The first-order chi connectivity index (χ1) is 10.8. The van der Waals surface area contributed by atoms with Crippen LogP contribution in [0, 0.1) is 6.92 Å². The Bertz CT molecular complexity index is 653. The zero-order valence-corrected chi connectivity index (χ0v) is 15.9. The monoisotopic (exact) mass is 335 g/mol. The molecule has 0 saturated heterocycles. The first-order valence-corrected chi connectivity index (χ1v) is 7.89. The highest BCUT2D eigenvalue weighted by Gasteiger charge is 2.29. The van der Waals surface area contributed by atoms with Gasteiger partial charge in [0.15, 0.2) is 0 Å². The van der Waals surface area contributed by atoms with Gasteiger partial charge in [-0.25, -0.2) is 5.84 Å². The first-order valence-electron chi connectivity index (χ1n) is 7.89. The molecule has 6 nitrogen and oxygen atoms in total. The number of anilines is 1. The van der Waals surface area contributed by atoms with Crippen molar-refractivity contribution in [3.05, 3.63) is 22.8 Å². The quantitative estimate of drug-likeness (QED) is 0.335. The minimum absolute atomic E-state index is 0.133. The highest BCUT2D eigenvalue weighted by Crippen LogP contribution is 2.43. The minimum Gasteiger partial charge on any atom is -0.494 e. The van der Waals surface area contributed by atoms with Crippen molar-refractivity contribution in [1.29, 1.82) is 0 Å². The summed E-state index contributed by atoms with van der Waals surface area (Å²) in [6.45, 7) is 14.4. The third kappa shape index (κ3) is 4.06. The molecule has 0 saturated carbocycles. The summed E-state index contributed by atoms with van der Waals surface area (Å²) in [5, 5.41) is 2.65. The van der Waals surface area contributed by atoms with E-state index >= 15 is 0 Å². The molecule has 0 aliphatic rings. The van der Waals surface area contributed by atoms with Gasteiger partial charge in [0, 0.05) is 5.56 Å². The molecule has 4 N–H and O–H groups in total. The van der Waals surface area contributed by atoms with Gasteiger partial charge in [-0.2, -0.15) is 0 Å². The van der Waals surface area contributed by atoms with Crippen LogP contribution >= 0.6 is 0 Å². The number of carbonyl (C=O) groups excluding carboxylic acids is 2. The molecule has 0 unspecified atom stereocenters. The molecule has 0 radical (unpaired) electrons. The van der Waals surface area contributed by atoms with Crippen molar-refractivity contribution in [1.82, 2.24) is 5.43 Å². The van der Waals surface area contributed by atoms with E-state index in [4.69, 9.17) is 10.6 Å². The molecule has 6 heteroatoms. The zero-order chi connectivity index (χ0) is 18.9. The van der Waals surface area contributed by atoms with Crippen LogP contribution < -0.4 is 21.3 Å². The summed E-state index contributed by atoms with van der Waals surface area (Å²) in [4.78, 5) is 23.5. The van der Waals surface area contributed by atoms with Crippen LogP contribution in [0.15, 0.2) is 6.07 Å². The Morgan fingerprint density at radius 1 is 1.00 bits per heavy atom. The van der Waals surface area contributed by atoms with Crippen LogP contribution in [0.2, 0.25) is 0 Å². The Labute approximate surface area is 144 Å². The van der Waals surface area contributed by atoms with E-state index in [0.717, 1.165) is 16.7 Å². The summed E-state index contributed by atoms with van der Waals surface area (Å²) in [7, 11) is 1.55. The van der Waals surface area contributed by atoms with Gasteiger partial charge in [-0.3, -0.25) is 15.0 Å². The van der Waals surface area contributed by atoms with Crippen molar-refractivity contribution >= 4 is 17.5 Å². The van der Waals surface area contributed by atoms with Crippen molar-refractivity contribution < 1.29 is 14.3 Å². The van der Waals surface area contributed by atoms with Gasteiger partial charge >= 0.3 is 11.8 Å². The largest absolute Gasteiger partial charge is 0.494 e. The van der Waals surface area contributed by atoms with Crippen molar-refractivity contribution in [2.45, 2.75) is 59.3 Å². The summed E-state index contributed by atoms with van der Waals surface area (Å²) in [5.41, 5.74) is 4.92. The van der Waals surface area contributed by atoms with Crippen LogP contribution in [0.3, 0.4) is 0 Å². The molecule has 1 aromatic carbocycles. The van der Waals surface area contributed by atoms with Crippen LogP contribution in [0.4, 0.5) is 5.69 Å². The number of nitrogens with one attached hydrogen (secondary N) is 2. The lowest BCUT2D eigenvalue weighted by Crippen LogP contribution is -2.39. The number of methoxy groups -OCH3 is 1. The Hall–Kier alpha value is -2.08. The van der Waals surface area contributed by atoms with Gasteiger partial charge in [0.1, 0.15) is 5.75 Å². The predicted molar refractivity (Wildman–Crippen MR) is 96.1 cm³/mol. The molecule has 0 bridgehead atoms. The number of rotatable bonds is 2. The number of hydrazine groups is 1. The van der Waals surface area contributed by atoms with E-state index in [1.807, 2.05) is 12.3 Å². The van der Waals surface area contributed by atoms with Gasteiger partial charge in [0.2, 0.25) is 0 Å². The van der Waals surface area contributed by atoms with Gasteiger partial charge in [-0.15, -0.1) is 0 Å². The molecule has 0 aromatic heterocycles. The maximum Gasteiger partial charge on any atom is 0.323 e. The maximum atomic E-state index is 12.0. The maximum absolute atomic E-state index is 12.0. The molecule has 0 atom stereocenters. The van der Waals surface area contributed by atoms with Gasteiger partial charge < -0.3 is 10.1 Å². The number of carbonyl (C=O) groups is 2. The smallest absolute Gasteiger partial charge is 0.323 e. The van der Waals surface area contributed by atoms with E-state index in [0.29, 0.717) is 11.4 Å². The number of nitrogens with two attached hydrogens (primary N) is 1. The van der Waals surface area contributed by atoms with Crippen LogP contribution in [0.1, 0.15) is 58.2 Å². The average molecular weight is 335 g/mol. The molecule has 2 amide bonds. The van der Waals surface area contributed by atoms with Crippen molar-refractivity contribution in [3.8, 4) is 5.75 Å². The highest BCUT2D eigenvalue weighted by atomic mass is 16.5. The summed E-state index contributed by atoms with van der Waals surface area (Å²) in [6, 6.07) is 2.12. The second-order valence-corrected chi connectivity index (χ2v) is 7.93. The number of hydrogen-bond donors (Lipinski definition) is 3. The Kier molecular flexibility index (Phi) is 5.66. The molecule has 1 rings (SSSR count). The molecule has 1 aromatic rings. The predicted octanol–water partition coefficient (Wildman–Crippen LogP) is 2.53. The Morgan fingerprint density at radius 2 is 1.50 bits per heavy atom. The molecule has 0 fully saturated rings. The lowest BCUT2D eigenvalue weighted by Gasteiger charge is -2.31. The van der Waals surface area contributed by atoms with E-state index in [9.17, 15) is 9.59 Å². The molecule has 0 aliphatic heterocycles. The van der Waals surface area contributed by atoms with Gasteiger partial charge in [-0.05, 0) is 28.9 Å². The molecular weight excluding hydrogens is 306 g/mol. The van der Waals surface area contributed by atoms with E-state index in [1.165, 1.54) is 0 Å². The lowest BCUT2D eigenvalue weighted by atomic mass is 9.77. The average Bonchev–Trinajstić information content (AvgIpc) is 2.45. The molecule has 24 heavy (non-hydrogen) atoms. The number of ether oxygens (including phenoxy) is 1. The van der Waals surface area contributed by atoms with Crippen LogP contribution in [0.25, 0.3) is 0 Å². The number of hydrogen-bond acceptors (Lipinski definition) is 4. The fraction of sp³-hybridized carbons (Fsp3) is 0.556. The number of amides is 2. The van der Waals surface area contributed by atoms with E-state index in [2.05, 4.69) is 52.9 Å². The molecule has 0 aliphatic carbocycles. The Morgan fingerprint density at radius 3 is 1.88 bits per heavy atom. The topological polar surface area (TPSA) is 93.4 Å². The number of benzene rings is 1. The van der Waals surface area contributed by atoms with Crippen molar-refractivity contribution in [2.75, 3.05) is 12.4 Å². The molecule has 134 valence electrons. The van der Waals surface area contributed by atoms with Gasteiger partial charge in [-0.1, -0.05) is 47.6 Å². The van der Waals surface area contributed by atoms with Crippen molar-refractivity contribution in [2.24, 2.45) is 5.84 Å². The molecule has 0 heterocycles. The molecular formula is C18H29N3O3. The lowest BCUT2D eigenvalue weighted by molar-refractivity contribution is -0.136.